The molecule has 0 unspecified atom stereocenters. The lowest BCUT2D eigenvalue weighted by Crippen LogP contribution is -2.02. The van der Waals surface area contributed by atoms with Crippen LogP contribution in [0.15, 0.2) is 59.8 Å². The highest BCUT2D eigenvalue weighted by molar-refractivity contribution is 7.98. The van der Waals surface area contributed by atoms with E-state index in [0.29, 0.717) is 32.5 Å². The molecule has 3 aromatic heterocycles. The quantitative estimate of drug-likeness (QED) is 0.201. The standard InChI is InChI=1S/C20H15N7S2.ClH/c21-17-15-16(11-6-2-1-3-7-11)24-20(27-18(15)26-19(28)25-17)29-10-14-22-12-8-4-5-9-13(12)23-14;/h1-9H,10H2,(H,22,23)(H3,21,24,25,26,27,28);1H. The zero-order valence-electron chi connectivity index (χ0n) is 15.5. The summed E-state index contributed by atoms with van der Waals surface area (Å²) in [6, 6.07) is 17.8. The van der Waals surface area contributed by atoms with Gasteiger partial charge in [-0.25, -0.2) is 15.0 Å². The van der Waals surface area contributed by atoms with E-state index in [0.717, 1.165) is 28.1 Å². The van der Waals surface area contributed by atoms with E-state index in [9.17, 15) is 0 Å². The first kappa shape index (κ1) is 20.3. The van der Waals surface area contributed by atoms with Crippen molar-refractivity contribution in [3.05, 3.63) is 65.2 Å². The number of rotatable bonds is 4. The molecule has 0 saturated heterocycles. The van der Waals surface area contributed by atoms with Crippen LogP contribution in [-0.2, 0) is 5.75 Å². The van der Waals surface area contributed by atoms with E-state index in [1.807, 2.05) is 54.6 Å². The lowest BCUT2D eigenvalue weighted by molar-refractivity contribution is 0.979. The first-order chi connectivity index (χ1) is 14.2. The fourth-order valence-corrected chi connectivity index (χ4v) is 4.04. The molecular weight excluding hydrogens is 438 g/mol. The second-order valence-corrected chi connectivity index (χ2v) is 7.69. The Hall–Kier alpha value is -3.01. The van der Waals surface area contributed by atoms with Gasteiger partial charge >= 0.3 is 0 Å². The molecule has 0 amide bonds. The zero-order valence-corrected chi connectivity index (χ0v) is 17.9. The van der Waals surface area contributed by atoms with Crippen LogP contribution in [0.5, 0.6) is 0 Å². The topological polar surface area (TPSA) is 109 Å². The summed E-state index contributed by atoms with van der Waals surface area (Å²) in [5.74, 6) is 1.87. The summed E-state index contributed by atoms with van der Waals surface area (Å²) in [5, 5.41) is 1.25. The minimum atomic E-state index is 0. The van der Waals surface area contributed by atoms with Crippen molar-refractivity contribution in [2.24, 2.45) is 0 Å². The van der Waals surface area contributed by atoms with E-state index in [4.69, 9.17) is 22.9 Å². The molecule has 5 rings (SSSR count). The molecule has 0 bridgehead atoms. The number of halogens is 1. The number of thioether (sulfide) groups is 1. The molecule has 0 spiro atoms. The third-order valence-corrected chi connectivity index (χ3v) is 5.46. The Morgan fingerprint density at radius 3 is 2.47 bits per heavy atom. The molecule has 0 fully saturated rings. The van der Waals surface area contributed by atoms with E-state index < -0.39 is 0 Å². The number of nitrogens with zero attached hydrogens (tertiary/aromatic N) is 4. The molecule has 0 aliphatic heterocycles. The maximum absolute atomic E-state index is 6.19. The van der Waals surface area contributed by atoms with Gasteiger partial charge in [0.25, 0.3) is 0 Å². The van der Waals surface area contributed by atoms with Crippen LogP contribution >= 0.6 is 36.4 Å². The van der Waals surface area contributed by atoms with Crippen molar-refractivity contribution in [2.45, 2.75) is 10.9 Å². The van der Waals surface area contributed by atoms with Crippen LogP contribution in [0.2, 0.25) is 0 Å². The summed E-state index contributed by atoms with van der Waals surface area (Å²) >= 11 is 6.66. The molecule has 7 nitrogen and oxygen atoms in total. The van der Waals surface area contributed by atoms with Crippen molar-refractivity contribution in [3.8, 4) is 11.3 Å². The predicted molar refractivity (Wildman–Crippen MR) is 125 cm³/mol. The Kier molecular flexibility index (Phi) is 5.67. The second-order valence-electron chi connectivity index (χ2n) is 6.36. The average molecular weight is 454 g/mol. The summed E-state index contributed by atoms with van der Waals surface area (Å²) in [6.07, 6.45) is 0. The normalized spacial score (nSPS) is 10.9. The molecular formula is C20H16ClN7S2. The molecule has 2 aromatic carbocycles. The van der Waals surface area contributed by atoms with Gasteiger partial charge in [0.2, 0.25) is 0 Å². The third-order valence-electron chi connectivity index (χ3n) is 4.41. The summed E-state index contributed by atoms with van der Waals surface area (Å²) in [4.78, 5) is 24.5. The Labute approximate surface area is 187 Å². The number of imidazole rings is 1. The molecule has 3 heterocycles. The second kappa shape index (κ2) is 8.39. The molecule has 0 atom stereocenters. The number of aromatic amines is 2. The number of nitrogens with one attached hydrogen (secondary N) is 2. The van der Waals surface area contributed by atoms with E-state index in [-0.39, 0.29) is 12.4 Å². The Bertz CT molecular complexity index is 1370. The fourth-order valence-electron chi connectivity index (χ4n) is 3.14. The first-order valence-corrected chi connectivity index (χ1v) is 10.3. The number of anilines is 1. The number of benzene rings is 2. The van der Waals surface area contributed by atoms with Gasteiger partial charge in [-0.1, -0.05) is 54.2 Å². The minimum absolute atomic E-state index is 0. The van der Waals surface area contributed by atoms with Crippen molar-refractivity contribution in [1.29, 1.82) is 0 Å². The first-order valence-electron chi connectivity index (χ1n) is 8.87. The summed E-state index contributed by atoms with van der Waals surface area (Å²) in [5.41, 5.74) is 10.3. The van der Waals surface area contributed by atoms with E-state index in [1.165, 1.54) is 11.8 Å². The maximum atomic E-state index is 6.19. The van der Waals surface area contributed by atoms with Gasteiger partial charge in [0.05, 0.1) is 27.9 Å². The van der Waals surface area contributed by atoms with Gasteiger partial charge in [0.1, 0.15) is 11.6 Å². The molecule has 150 valence electrons. The van der Waals surface area contributed by atoms with Crippen molar-refractivity contribution in [1.82, 2.24) is 29.9 Å². The van der Waals surface area contributed by atoms with Crippen LogP contribution in [0.3, 0.4) is 0 Å². The SMILES string of the molecule is Cl.Nc1[nH]c(=S)nc2nc(SCc3nc4ccccc4[nH]3)nc(-c3ccccc3)c12. The number of fused-ring (bicyclic) bond motifs is 2. The number of aromatic nitrogens is 6. The number of hydrogen-bond donors (Lipinski definition) is 3. The number of para-hydroxylation sites is 2. The largest absolute Gasteiger partial charge is 0.385 e. The van der Waals surface area contributed by atoms with Gasteiger partial charge in [-0.05, 0) is 24.4 Å². The molecule has 5 aromatic rings. The van der Waals surface area contributed by atoms with Crippen LogP contribution in [0, 0.1) is 4.77 Å². The lowest BCUT2D eigenvalue weighted by atomic mass is 10.1. The number of H-pyrrole nitrogens is 2. The van der Waals surface area contributed by atoms with Crippen LogP contribution in [-0.4, -0.2) is 29.9 Å². The molecule has 0 aliphatic carbocycles. The number of nitrogens with two attached hydrogens (primary N) is 1. The maximum Gasteiger partial charge on any atom is 0.200 e. The van der Waals surface area contributed by atoms with Crippen LogP contribution < -0.4 is 5.73 Å². The molecule has 0 aliphatic rings. The smallest absolute Gasteiger partial charge is 0.200 e. The van der Waals surface area contributed by atoms with Gasteiger partial charge in [-0.15, -0.1) is 12.4 Å². The minimum Gasteiger partial charge on any atom is -0.385 e. The Morgan fingerprint density at radius 2 is 1.67 bits per heavy atom. The van der Waals surface area contributed by atoms with Gasteiger partial charge < -0.3 is 15.7 Å². The highest BCUT2D eigenvalue weighted by Crippen LogP contribution is 2.31. The van der Waals surface area contributed by atoms with Gasteiger partial charge in [-0.2, -0.15) is 4.98 Å². The van der Waals surface area contributed by atoms with Crippen LogP contribution in [0.4, 0.5) is 5.82 Å². The highest BCUT2D eigenvalue weighted by Gasteiger charge is 2.15. The Morgan fingerprint density at radius 1 is 0.900 bits per heavy atom. The molecule has 4 N–H and O–H groups in total. The average Bonchev–Trinajstić information content (AvgIpc) is 3.15. The summed E-state index contributed by atoms with van der Waals surface area (Å²) in [7, 11) is 0. The number of nitrogen functional groups attached to an aromatic ring is 1. The molecule has 30 heavy (non-hydrogen) atoms. The Balaban J connectivity index is 0.00000218. The van der Waals surface area contributed by atoms with Crippen LogP contribution in [0.1, 0.15) is 5.82 Å². The van der Waals surface area contributed by atoms with Gasteiger partial charge in [-0.3, -0.25) is 0 Å². The van der Waals surface area contributed by atoms with Gasteiger partial charge in [0.15, 0.2) is 15.6 Å². The van der Waals surface area contributed by atoms with E-state index in [2.05, 4.69) is 24.9 Å². The number of hydrogen-bond acceptors (Lipinski definition) is 7. The zero-order chi connectivity index (χ0) is 19.8. The molecule has 10 heteroatoms. The van der Waals surface area contributed by atoms with Crippen molar-refractivity contribution in [2.75, 3.05) is 5.73 Å². The van der Waals surface area contributed by atoms with E-state index in [1.54, 1.807) is 0 Å². The van der Waals surface area contributed by atoms with Crippen molar-refractivity contribution < 1.29 is 0 Å². The monoisotopic (exact) mass is 453 g/mol. The third kappa shape index (κ3) is 3.87. The molecule has 0 saturated carbocycles. The summed E-state index contributed by atoms with van der Waals surface area (Å²) < 4.78 is 0.293. The van der Waals surface area contributed by atoms with Crippen molar-refractivity contribution in [3.63, 3.8) is 0 Å². The predicted octanol–water partition coefficient (Wildman–Crippen LogP) is 4.92. The van der Waals surface area contributed by atoms with Crippen LogP contribution in [0.25, 0.3) is 33.3 Å². The summed E-state index contributed by atoms with van der Waals surface area (Å²) in [6.45, 7) is 0. The fraction of sp³-hybridized carbons (Fsp3) is 0.0500. The van der Waals surface area contributed by atoms with E-state index >= 15 is 0 Å². The highest BCUT2D eigenvalue weighted by atomic mass is 35.5. The molecule has 0 radical (unpaired) electrons. The van der Waals surface area contributed by atoms with Crippen molar-refractivity contribution >= 4 is 64.3 Å². The van der Waals surface area contributed by atoms with Gasteiger partial charge in [0, 0.05) is 5.56 Å². The lowest BCUT2D eigenvalue weighted by Gasteiger charge is -2.09.